The molecule has 3 aromatic carbocycles. The first kappa shape index (κ1) is 17.5. The van der Waals surface area contributed by atoms with Crippen LogP contribution in [0.15, 0.2) is 89.7 Å². The number of aromatic amines is 1. The number of nitro groups is 1. The Kier molecular flexibility index (Phi) is 4.60. The van der Waals surface area contributed by atoms with Gasteiger partial charge in [0.15, 0.2) is 0 Å². The van der Waals surface area contributed by atoms with Gasteiger partial charge in [-0.15, -0.1) is 0 Å². The second kappa shape index (κ2) is 7.36. The van der Waals surface area contributed by atoms with Crippen LogP contribution in [-0.2, 0) is 6.54 Å². The molecule has 0 fully saturated rings. The molecule has 28 heavy (non-hydrogen) atoms. The van der Waals surface area contributed by atoms with Crippen molar-refractivity contribution in [2.75, 3.05) is 0 Å². The first-order valence-corrected chi connectivity index (χ1v) is 8.80. The Labute approximate surface area is 160 Å². The zero-order valence-electron chi connectivity index (χ0n) is 14.9. The normalized spacial score (nSPS) is 10.7. The maximum Gasteiger partial charge on any atom is 0.275 e. The van der Waals surface area contributed by atoms with Crippen molar-refractivity contribution < 1.29 is 4.92 Å². The highest BCUT2D eigenvalue weighted by atomic mass is 16.6. The van der Waals surface area contributed by atoms with Crippen LogP contribution in [0, 0.1) is 10.1 Å². The van der Waals surface area contributed by atoms with Crippen LogP contribution in [-0.4, -0.2) is 14.7 Å². The summed E-state index contributed by atoms with van der Waals surface area (Å²) in [7, 11) is 0. The first-order valence-electron chi connectivity index (χ1n) is 8.80. The van der Waals surface area contributed by atoms with E-state index in [4.69, 9.17) is 0 Å². The van der Waals surface area contributed by atoms with Gasteiger partial charge >= 0.3 is 0 Å². The fraction of sp³-hybridized carbons (Fsp3) is 0.0455. The highest BCUT2D eigenvalue weighted by Gasteiger charge is 2.17. The molecule has 0 aliphatic heterocycles. The molecular weight excluding hydrogens is 354 g/mol. The summed E-state index contributed by atoms with van der Waals surface area (Å²) in [5, 5.41) is 14.1. The van der Waals surface area contributed by atoms with Gasteiger partial charge in [-0.05, 0) is 11.1 Å². The third-order valence-electron chi connectivity index (χ3n) is 4.57. The van der Waals surface area contributed by atoms with Gasteiger partial charge in [-0.25, -0.2) is 4.68 Å². The number of nitrogens with zero attached hydrogens (tertiary/aromatic N) is 2. The van der Waals surface area contributed by atoms with Crippen molar-refractivity contribution in [2.45, 2.75) is 6.54 Å². The number of hydrogen-bond acceptors (Lipinski definition) is 3. The van der Waals surface area contributed by atoms with Crippen molar-refractivity contribution in [1.29, 1.82) is 0 Å². The average Bonchev–Trinajstić information content (AvgIpc) is 3.06. The van der Waals surface area contributed by atoms with E-state index in [0.717, 1.165) is 22.4 Å². The van der Waals surface area contributed by atoms with Gasteiger partial charge in [-0.2, -0.15) is 0 Å². The summed E-state index contributed by atoms with van der Waals surface area (Å²) in [4.78, 5) is 23.6. The van der Waals surface area contributed by atoms with Crippen molar-refractivity contribution >= 4 is 5.69 Å². The van der Waals surface area contributed by atoms with Gasteiger partial charge in [0.25, 0.3) is 11.2 Å². The summed E-state index contributed by atoms with van der Waals surface area (Å²) >= 11 is 0. The van der Waals surface area contributed by atoms with E-state index in [1.165, 1.54) is 16.8 Å². The topological polar surface area (TPSA) is 80.9 Å². The first-order chi connectivity index (χ1) is 13.6. The van der Waals surface area contributed by atoms with Crippen LogP contribution in [0.1, 0.15) is 5.56 Å². The lowest BCUT2D eigenvalue weighted by Gasteiger charge is -2.03. The average molecular weight is 371 g/mol. The van der Waals surface area contributed by atoms with Crippen LogP contribution in [0.4, 0.5) is 5.69 Å². The SMILES string of the molecule is O=c1c(-c2ccccc2)c(-c2ccccc2)[nH]n1Cc1ccc([N+](=O)[O-])cc1. The Morgan fingerprint density at radius 2 is 1.39 bits per heavy atom. The van der Waals surface area contributed by atoms with Gasteiger partial charge in [0, 0.05) is 17.7 Å². The third kappa shape index (κ3) is 3.35. The van der Waals surface area contributed by atoms with Gasteiger partial charge in [0.1, 0.15) is 0 Å². The number of aromatic nitrogens is 2. The molecule has 6 nitrogen and oxygen atoms in total. The molecule has 138 valence electrons. The van der Waals surface area contributed by atoms with E-state index >= 15 is 0 Å². The molecule has 4 aromatic rings. The quantitative estimate of drug-likeness (QED) is 0.415. The number of benzene rings is 3. The minimum absolute atomic E-state index is 0.0255. The molecule has 0 amide bonds. The summed E-state index contributed by atoms with van der Waals surface area (Å²) in [6, 6.07) is 25.4. The molecule has 4 rings (SSSR count). The van der Waals surface area contributed by atoms with Gasteiger partial charge < -0.3 is 0 Å². The van der Waals surface area contributed by atoms with Crippen molar-refractivity contribution in [2.24, 2.45) is 0 Å². The predicted octanol–water partition coefficient (Wildman–Crippen LogP) is 4.47. The zero-order chi connectivity index (χ0) is 19.5. The number of nitro benzene ring substituents is 1. The van der Waals surface area contributed by atoms with E-state index in [1.807, 2.05) is 60.7 Å². The van der Waals surface area contributed by atoms with Crippen LogP contribution in [0.2, 0.25) is 0 Å². The monoisotopic (exact) mass is 371 g/mol. The smallest absolute Gasteiger partial charge is 0.275 e. The van der Waals surface area contributed by atoms with Crippen LogP contribution in [0.5, 0.6) is 0 Å². The summed E-state index contributed by atoms with van der Waals surface area (Å²) in [5.41, 5.74) is 3.80. The fourth-order valence-electron chi connectivity index (χ4n) is 3.19. The number of rotatable bonds is 5. The van der Waals surface area contributed by atoms with Crippen molar-refractivity contribution in [3.05, 3.63) is 111 Å². The molecule has 0 saturated heterocycles. The lowest BCUT2D eigenvalue weighted by atomic mass is 10.0. The van der Waals surface area contributed by atoms with Crippen molar-refractivity contribution in [3.63, 3.8) is 0 Å². The standard InChI is InChI=1S/C22H17N3O3/c26-22-20(17-7-3-1-4-8-17)21(18-9-5-2-6-10-18)23-24(22)15-16-11-13-19(14-12-16)25(27)28/h1-14,23H,15H2. The second-order valence-corrected chi connectivity index (χ2v) is 6.41. The van der Waals surface area contributed by atoms with Crippen molar-refractivity contribution in [3.8, 4) is 22.4 Å². The molecule has 0 aliphatic carbocycles. The molecule has 1 heterocycles. The lowest BCUT2D eigenvalue weighted by molar-refractivity contribution is -0.384. The van der Waals surface area contributed by atoms with Crippen LogP contribution >= 0.6 is 0 Å². The second-order valence-electron chi connectivity index (χ2n) is 6.41. The highest BCUT2D eigenvalue weighted by molar-refractivity contribution is 5.80. The molecule has 6 heteroatoms. The molecule has 0 unspecified atom stereocenters. The Morgan fingerprint density at radius 1 is 0.821 bits per heavy atom. The van der Waals surface area contributed by atoms with E-state index in [9.17, 15) is 14.9 Å². The molecular formula is C22H17N3O3. The van der Waals surface area contributed by atoms with Gasteiger partial charge in [0.2, 0.25) is 0 Å². The molecule has 0 bridgehead atoms. The molecule has 1 N–H and O–H groups in total. The number of non-ortho nitro benzene ring substituents is 1. The van der Waals surface area contributed by atoms with E-state index in [1.54, 1.807) is 12.1 Å². The van der Waals surface area contributed by atoms with Crippen LogP contribution < -0.4 is 5.56 Å². The minimum atomic E-state index is -0.439. The van der Waals surface area contributed by atoms with Gasteiger partial charge in [-0.3, -0.25) is 20.0 Å². The third-order valence-corrected chi connectivity index (χ3v) is 4.57. The van der Waals surface area contributed by atoms with E-state index in [0.29, 0.717) is 12.1 Å². The van der Waals surface area contributed by atoms with E-state index in [-0.39, 0.29) is 11.2 Å². The number of H-pyrrole nitrogens is 1. The van der Waals surface area contributed by atoms with Crippen LogP contribution in [0.25, 0.3) is 22.4 Å². The van der Waals surface area contributed by atoms with Crippen LogP contribution in [0.3, 0.4) is 0 Å². The lowest BCUT2D eigenvalue weighted by Crippen LogP contribution is -2.18. The zero-order valence-corrected chi connectivity index (χ0v) is 14.9. The summed E-state index contributed by atoms with van der Waals surface area (Å²) in [6.45, 7) is 0.295. The summed E-state index contributed by atoms with van der Waals surface area (Å²) in [5.74, 6) is 0. The highest BCUT2D eigenvalue weighted by Crippen LogP contribution is 2.28. The maximum absolute atomic E-state index is 13.2. The van der Waals surface area contributed by atoms with E-state index < -0.39 is 4.92 Å². The number of hydrogen-bond donors (Lipinski definition) is 1. The van der Waals surface area contributed by atoms with Gasteiger partial charge in [0.05, 0.1) is 22.7 Å². The predicted molar refractivity (Wildman–Crippen MR) is 108 cm³/mol. The summed E-state index contributed by atoms with van der Waals surface area (Å²) < 4.78 is 1.53. The molecule has 0 atom stereocenters. The Hall–Kier alpha value is -3.93. The summed E-state index contributed by atoms with van der Waals surface area (Å²) in [6.07, 6.45) is 0. The van der Waals surface area contributed by atoms with Crippen molar-refractivity contribution in [1.82, 2.24) is 9.78 Å². The largest absolute Gasteiger partial charge is 0.294 e. The minimum Gasteiger partial charge on any atom is -0.294 e. The Bertz CT molecular complexity index is 1160. The van der Waals surface area contributed by atoms with E-state index in [2.05, 4.69) is 5.10 Å². The van der Waals surface area contributed by atoms with Gasteiger partial charge in [-0.1, -0.05) is 72.8 Å². The molecule has 0 radical (unpaired) electrons. The Morgan fingerprint density at radius 3 is 1.96 bits per heavy atom. The fourth-order valence-corrected chi connectivity index (χ4v) is 3.19. The maximum atomic E-state index is 13.2. The molecule has 1 aromatic heterocycles. The molecule has 0 spiro atoms. The molecule has 0 saturated carbocycles. The number of nitrogens with one attached hydrogen (secondary N) is 1. The Balaban J connectivity index is 1.80. The molecule has 0 aliphatic rings.